The first-order valence-electron chi connectivity index (χ1n) is 6.93. The van der Waals surface area contributed by atoms with Crippen molar-refractivity contribution in [3.05, 3.63) is 30.5 Å². The number of fused-ring (bicyclic) bond motifs is 1. The van der Waals surface area contributed by atoms with Crippen LogP contribution in [-0.2, 0) is 0 Å². The normalized spacial score (nSPS) is 15.4. The predicted octanol–water partition coefficient (Wildman–Crippen LogP) is 3.77. The predicted molar refractivity (Wildman–Crippen MR) is 82.9 cm³/mol. The molecule has 1 saturated carbocycles. The largest absolute Gasteiger partial charge is 0.352 e. The lowest BCUT2D eigenvalue weighted by Gasteiger charge is -2.38. The molecule has 0 atom stereocenters. The number of aromatic nitrogens is 2. The van der Waals surface area contributed by atoms with E-state index in [4.69, 9.17) is 4.98 Å². The lowest BCUT2D eigenvalue weighted by molar-refractivity contribution is 0.384. The van der Waals surface area contributed by atoms with Gasteiger partial charge in [-0.25, -0.2) is 4.98 Å². The van der Waals surface area contributed by atoms with Gasteiger partial charge in [-0.15, -0.1) is 0 Å². The van der Waals surface area contributed by atoms with E-state index in [0.29, 0.717) is 6.04 Å². The van der Waals surface area contributed by atoms with E-state index in [1.54, 1.807) is 0 Å². The molecule has 1 fully saturated rings. The lowest BCUT2D eigenvalue weighted by atomic mass is 9.91. The third-order valence-corrected chi connectivity index (χ3v) is 4.34. The van der Waals surface area contributed by atoms with Gasteiger partial charge < -0.3 is 4.90 Å². The molecule has 0 aliphatic heterocycles. The van der Waals surface area contributed by atoms with Crippen LogP contribution in [0, 0.1) is 0 Å². The van der Waals surface area contributed by atoms with Crippen LogP contribution in [0.3, 0.4) is 0 Å². The summed E-state index contributed by atoms with van der Waals surface area (Å²) in [5.74, 6) is 1.03. The summed E-state index contributed by atoms with van der Waals surface area (Å²) < 4.78 is 0. The average Bonchev–Trinajstić information content (AvgIpc) is 2.40. The van der Waals surface area contributed by atoms with Gasteiger partial charge in [0.25, 0.3) is 0 Å². The summed E-state index contributed by atoms with van der Waals surface area (Å²) in [6.07, 6.45) is 6.99. The number of alkyl halides is 1. The molecule has 4 heteroatoms. The van der Waals surface area contributed by atoms with E-state index in [9.17, 15) is 0 Å². The topological polar surface area (TPSA) is 29.0 Å². The van der Waals surface area contributed by atoms with E-state index in [0.717, 1.165) is 35.1 Å². The van der Waals surface area contributed by atoms with Crippen molar-refractivity contribution in [2.75, 3.05) is 16.8 Å². The van der Waals surface area contributed by atoms with Gasteiger partial charge >= 0.3 is 0 Å². The van der Waals surface area contributed by atoms with Gasteiger partial charge in [-0.05, 0) is 37.8 Å². The van der Waals surface area contributed by atoms with Crippen LogP contribution < -0.4 is 4.90 Å². The lowest BCUT2D eigenvalue weighted by Crippen LogP contribution is -2.41. The molecule has 1 aromatic carbocycles. The highest BCUT2D eigenvalue weighted by molar-refractivity contribution is 9.09. The zero-order chi connectivity index (χ0) is 13.1. The Morgan fingerprint density at radius 3 is 2.68 bits per heavy atom. The molecule has 0 radical (unpaired) electrons. The minimum absolute atomic E-state index is 0.662. The SMILES string of the molecule is BrCCCN(c1cnc2ccccc2n1)C1CCC1. The first-order valence-corrected chi connectivity index (χ1v) is 8.05. The molecule has 1 aromatic heterocycles. The van der Waals surface area contributed by atoms with E-state index in [-0.39, 0.29) is 0 Å². The summed E-state index contributed by atoms with van der Waals surface area (Å²) in [5, 5.41) is 1.04. The number of anilines is 1. The fourth-order valence-electron chi connectivity index (χ4n) is 2.50. The van der Waals surface area contributed by atoms with Crippen LogP contribution in [0.5, 0.6) is 0 Å². The maximum Gasteiger partial charge on any atom is 0.148 e. The van der Waals surface area contributed by atoms with Crippen molar-refractivity contribution in [3.63, 3.8) is 0 Å². The summed E-state index contributed by atoms with van der Waals surface area (Å²) >= 11 is 3.52. The first-order chi connectivity index (χ1) is 9.38. The smallest absolute Gasteiger partial charge is 0.148 e. The molecule has 2 aromatic rings. The van der Waals surface area contributed by atoms with Gasteiger partial charge in [0.05, 0.1) is 17.2 Å². The highest BCUT2D eigenvalue weighted by Crippen LogP contribution is 2.29. The third kappa shape index (κ3) is 2.73. The quantitative estimate of drug-likeness (QED) is 0.785. The number of para-hydroxylation sites is 2. The maximum absolute atomic E-state index is 4.78. The monoisotopic (exact) mass is 319 g/mol. The van der Waals surface area contributed by atoms with Crippen LogP contribution >= 0.6 is 15.9 Å². The number of benzene rings is 1. The van der Waals surface area contributed by atoms with Crippen molar-refractivity contribution in [1.82, 2.24) is 9.97 Å². The second-order valence-electron chi connectivity index (χ2n) is 5.04. The molecule has 0 saturated heterocycles. The number of hydrogen-bond acceptors (Lipinski definition) is 3. The van der Waals surface area contributed by atoms with Crippen molar-refractivity contribution >= 4 is 32.8 Å². The molecule has 0 amide bonds. The summed E-state index contributed by atoms with van der Waals surface area (Å²) in [5.41, 5.74) is 1.96. The second-order valence-corrected chi connectivity index (χ2v) is 5.83. The third-order valence-electron chi connectivity index (χ3n) is 3.78. The summed E-state index contributed by atoms with van der Waals surface area (Å²) in [4.78, 5) is 11.7. The van der Waals surface area contributed by atoms with Crippen LogP contribution in [0.2, 0.25) is 0 Å². The van der Waals surface area contributed by atoms with Gasteiger partial charge in [0.2, 0.25) is 0 Å². The van der Waals surface area contributed by atoms with E-state index in [2.05, 4.69) is 25.8 Å². The van der Waals surface area contributed by atoms with Crippen molar-refractivity contribution in [1.29, 1.82) is 0 Å². The Morgan fingerprint density at radius 1 is 1.21 bits per heavy atom. The highest BCUT2D eigenvalue weighted by Gasteiger charge is 2.25. The molecule has 3 rings (SSSR count). The van der Waals surface area contributed by atoms with Crippen LogP contribution in [0.1, 0.15) is 25.7 Å². The van der Waals surface area contributed by atoms with E-state index in [1.807, 2.05) is 30.5 Å². The molecule has 0 N–H and O–H groups in total. The van der Waals surface area contributed by atoms with Crippen molar-refractivity contribution in [2.24, 2.45) is 0 Å². The van der Waals surface area contributed by atoms with Crippen molar-refractivity contribution in [2.45, 2.75) is 31.7 Å². The highest BCUT2D eigenvalue weighted by atomic mass is 79.9. The Balaban J connectivity index is 1.89. The fraction of sp³-hybridized carbons (Fsp3) is 0.467. The summed E-state index contributed by atoms with van der Waals surface area (Å²) in [7, 11) is 0. The van der Waals surface area contributed by atoms with Gasteiger partial charge in [0.1, 0.15) is 5.82 Å². The Kier molecular flexibility index (Phi) is 3.97. The first kappa shape index (κ1) is 12.9. The molecule has 100 valence electrons. The standard InChI is InChI=1S/C15H18BrN3/c16-9-4-10-19(12-5-3-6-12)15-11-17-13-7-1-2-8-14(13)18-15/h1-2,7-8,11-12H,3-6,9-10H2. The minimum atomic E-state index is 0.662. The average molecular weight is 320 g/mol. The number of rotatable bonds is 5. The van der Waals surface area contributed by atoms with Gasteiger partial charge in [-0.3, -0.25) is 4.98 Å². The van der Waals surface area contributed by atoms with Gasteiger partial charge in [0.15, 0.2) is 0 Å². The minimum Gasteiger partial charge on any atom is -0.352 e. The number of nitrogens with zero attached hydrogens (tertiary/aromatic N) is 3. The van der Waals surface area contributed by atoms with Crippen LogP contribution in [0.15, 0.2) is 30.5 Å². The van der Waals surface area contributed by atoms with E-state index >= 15 is 0 Å². The zero-order valence-electron chi connectivity index (χ0n) is 10.9. The van der Waals surface area contributed by atoms with Crippen LogP contribution in [0.25, 0.3) is 11.0 Å². The molecular formula is C15H18BrN3. The Bertz CT molecular complexity index is 554. The van der Waals surface area contributed by atoms with Gasteiger partial charge in [-0.1, -0.05) is 28.1 Å². The fourth-order valence-corrected chi connectivity index (χ4v) is 2.75. The van der Waals surface area contributed by atoms with Crippen LogP contribution in [0.4, 0.5) is 5.82 Å². The Labute approximate surface area is 122 Å². The molecule has 19 heavy (non-hydrogen) atoms. The zero-order valence-corrected chi connectivity index (χ0v) is 12.5. The van der Waals surface area contributed by atoms with Crippen LogP contribution in [-0.4, -0.2) is 27.9 Å². The molecule has 0 bridgehead atoms. The van der Waals surface area contributed by atoms with Crippen molar-refractivity contribution in [3.8, 4) is 0 Å². The van der Waals surface area contributed by atoms with Gasteiger partial charge in [-0.2, -0.15) is 0 Å². The molecule has 0 spiro atoms. The number of halogens is 1. The molecular weight excluding hydrogens is 302 g/mol. The summed E-state index contributed by atoms with van der Waals surface area (Å²) in [6.45, 7) is 1.06. The second kappa shape index (κ2) is 5.87. The Morgan fingerprint density at radius 2 is 2.00 bits per heavy atom. The summed E-state index contributed by atoms with van der Waals surface area (Å²) in [6, 6.07) is 8.74. The molecule has 1 aliphatic carbocycles. The Hall–Kier alpha value is -1.16. The molecule has 0 unspecified atom stereocenters. The molecule has 1 aliphatic rings. The van der Waals surface area contributed by atoms with Gasteiger partial charge in [0, 0.05) is 17.9 Å². The van der Waals surface area contributed by atoms with Crippen molar-refractivity contribution < 1.29 is 0 Å². The van der Waals surface area contributed by atoms with E-state index in [1.165, 1.54) is 19.3 Å². The molecule has 3 nitrogen and oxygen atoms in total. The molecule has 1 heterocycles. The maximum atomic E-state index is 4.78. The van der Waals surface area contributed by atoms with E-state index < -0.39 is 0 Å². The number of hydrogen-bond donors (Lipinski definition) is 0.